The van der Waals surface area contributed by atoms with Gasteiger partial charge < -0.3 is 14.6 Å². The summed E-state index contributed by atoms with van der Waals surface area (Å²) in [5.41, 5.74) is 0. The molecule has 0 saturated carbocycles. The normalized spacial score (nSPS) is 18.8. The van der Waals surface area contributed by atoms with Crippen LogP contribution < -0.4 is 0 Å². The molecule has 0 heterocycles. The molecule has 0 rings (SSSR count). The van der Waals surface area contributed by atoms with Gasteiger partial charge in [0.1, 0.15) is 6.79 Å². The molecule has 218 valence electrons. The zero-order valence-corrected chi connectivity index (χ0v) is 26.2. The minimum absolute atomic E-state index is 0.166. The van der Waals surface area contributed by atoms with Crippen LogP contribution in [0.4, 0.5) is 0 Å². The lowest BCUT2D eigenvalue weighted by atomic mass is 9.80. The van der Waals surface area contributed by atoms with Crippen molar-refractivity contribution in [1.82, 2.24) is 0 Å². The Kier molecular flexibility index (Phi) is 22.8. The number of aliphatic hydroxyl groups is 1. The predicted molar refractivity (Wildman–Crippen MR) is 158 cm³/mol. The van der Waals surface area contributed by atoms with Gasteiger partial charge in [-0.25, -0.2) is 0 Å². The molecular formula is C33H68O3. The van der Waals surface area contributed by atoms with Gasteiger partial charge in [0.2, 0.25) is 0 Å². The Balaban J connectivity index is 3.90. The van der Waals surface area contributed by atoms with Crippen LogP contribution in [0.2, 0.25) is 0 Å². The van der Waals surface area contributed by atoms with Crippen molar-refractivity contribution < 1.29 is 14.6 Å². The van der Waals surface area contributed by atoms with E-state index in [2.05, 4.69) is 55.4 Å². The Morgan fingerprint density at radius 2 is 0.861 bits per heavy atom. The SMILES string of the molecule is CCCCCCOCOCCCC(C)CC(C)CC(C)CC(C)CC(C)CC(C)CC(C)CC(C)O. The van der Waals surface area contributed by atoms with E-state index in [0.717, 1.165) is 68.0 Å². The molecule has 0 spiro atoms. The maximum Gasteiger partial charge on any atom is 0.146 e. The summed E-state index contributed by atoms with van der Waals surface area (Å²) in [6, 6.07) is 0. The van der Waals surface area contributed by atoms with E-state index in [1.807, 2.05) is 6.92 Å². The van der Waals surface area contributed by atoms with Gasteiger partial charge in [0, 0.05) is 13.2 Å². The summed E-state index contributed by atoms with van der Waals surface area (Å²) in [6.45, 7) is 23.2. The van der Waals surface area contributed by atoms with Crippen LogP contribution in [-0.2, 0) is 9.47 Å². The monoisotopic (exact) mass is 513 g/mol. The van der Waals surface area contributed by atoms with Gasteiger partial charge in [0.05, 0.1) is 6.10 Å². The molecule has 0 aromatic carbocycles. The molecule has 0 aromatic rings. The lowest BCUT2D eigenvalue weighted by Gasteiger charge is -2.26. The summed E-state index contributed by atoms with van der Waals surface area (Å²) in [5, 5.41) is 9.62. The molecule has 8 atom stereocenters. The highest BCUT2D eigenvalue weighted by Gasteiger charge is 2.19. The Morgan fingerprint density at radius 3 is 1.28 bits per heavy atom. The number of aliphatic hydroxyl groups excluding tert-OH is 1. The third-order valence-electron chi connectivity index (χ3n) is 7.87. The summed E-state index contributed by atoms with van der Waals surface area (Å²) in [4.78, 5) is 0. The highest BCUT2D eigenvalue weighted by atomic mass is 16.7. The van der Waals surface area contributed by atoms with Crippen molar-refractivity contribution in [2.75, 3.05) is 20.0 Å². The quantitative estimate of drug-likeness (QED) is 0.0976. The number of rotatable bonds is 25. The molecule has 3 heteroatoms. The summed E-state index contributed by atoms with van der Waals surface area (Å²) < 4.78 is 11.2. The van der Waals surface area contributed by atoms with Gasteiger partial charge in [0.15, 0.2) is 0 Å². The Morgan fingerprint density at radius 1 is 0.472 bits per heavy atom. The topological polar surface area (TPSA) is 38.7 Å². The van der Waals surface area contributed by atoms with Crippen molar-refractivity contribution in [3.8, 4) is 0 Å². The fourth-order valence-corrected chi connectivity index (χ4v) is 6.74. The van der Waals surface area contributed by atoms with Gasteiger partial charge in [-0.15, -0.1) is 0 Å². The van der Waals surface area contributed by atoms with Gasteiger partial charge >= 0.3 is 0 Å². The van der Waals surface area contributed by atoms with Crippen LogP contribution in [0.25, 0.3) is 0 Å². The minimum atomic E-state index is -0.166. The van der Waals surface area contributed by atoms with E-state index in [9.17, 15) is 5.11 Å². The molecule has 1 N–H and O–H groups in total. The molecule has 0 aliphatic rings. The summed E-state index contributed by atoms with van der Waals surface area (Å²) in [6.07, 6.45) is 16.2. The Bertz CT molecular complexity index is 466. The maximum absolute atomic E-state index is 9.62. The Labute approximate surface area is 227 Å². The lowest BCUT2D eigenvalue weighted by molar-refractivity contribution is -0.0561. The van der Waals surface area contributed by atoms with Gasteiger partial charge in [-0.2, -0.15) is 0 Å². The first-order valence-electron chi connectivity index (χ1n) is 15.9. The fraction of sp³-hybridized carbons (Fsp3) is 1.00. The molecule has 0 aromatic heterocycles. The van der Waals surface area contributed by atoms with Crippen LogP contribution in [0.5, 0.6) is 0 Å². The molecule has 0 aliphatic heterocycles. The highest BCUT2D eigenvalue weighted by Crippen LogP contribution is 2.30. The molecule has 3 nitrogen and oxygen atoms in total. The molecule has 0 fully saturated rings. The zero-order valence-electron chi connectivity index (χ0n) is 26.2. The average Bonchev–Trinajstić information content (AvgIpc) is 2.73. The Hall–Kier alpha value is -0.120. The van der Waals surface area contributed by atoms with Crippen LogP contribution in [0.1, 0.15) is 146 Å². The van der Waals surface area contributed by atoms with Crippen LogP contribution in [0.3, 0.4) is 0 Å². The van der Waals surface area contributed by atoms with E-state index >= 15 is 0 Å². The predicted octanol–water partition coefficient (Wildman–Crippen LogP) is 9.90. The van der Waals surface area contributed by atoms with Crippen molar-refractivity contribution in [2.24, 2.45) is 41.4 Å². The second-order valence-corrected chi connectivity index (χ2v) is 13.4. The van der Waals surface area contributed by atoms with Crippen molar-refractivity contribution in [3.63, 3.8) is 0 Å². The smallest absolute Gasteiger partial charge is 0.146 e. The van der Waals surface area contributed by atoms with E-state index in [1.165, 1.54) is 64.2 Å². The second kappa shape index (κ2) is 22.8. The molecule has 36 heavy (non-hydrogen) atoms. The van der Waals surface area contributed by atoms with Gasteiger partial charge in [0.25, 0.3) is 0 Å². The van der Waals surface area contributed by atoms with E-state index in [0.29, 0.717) is 12.7 Å². The number of unbranched alkanes of at least 4 members (excludes halogenated alkanes) is 3. The molecule has 0 saturated heterocycles. The molecule has 0 amide bonds. The van der Waals surface area contributed by atoms with Crippen molar-refractivity contribution in [1.29, 1.82) is 0 Å². The van der Waals surface area contributed by atoms with Crippen LogP contribution in [0.15, 0.2) is 0 Å². The number of ether oxygens (including phenoxy) is 2. The molecular weight excluding hydrogens is 444 g/mol. The van der Waals surface area contributed by atoms with Crippen LogP contribution >= 0.6 is 0 Å². The lowest BCUT2D eigenvalue weighted by Crippen LogP contribution is -2.15. The highest BCUT2D eigenvalue weighted by molar-refractivity contribution is 4.70. The van der Waals surface area contributed by atoms with Gasteiger partial charge in [-0.1, -0.05) is 74.7 Å². The maximum atomic E-state index is 9.62. The summed E-state index contributed by atoms with van der Waals surface area (Å²) in [7, 11) is 0. The first-order valence-corrected chi connectivity index (χ1v) is 15.9. The van der Waals surface area contributed by atoms with Crippen LogP contribution in [0, 0.1) is 41.4 Å². The van der Waals surface area contributed by atoms with E-state index in [4.69, 9.17) is 9.47 Å². The van der Waals surface area contributed by atoms with Gasteiger partial charge in [-0.05, 0) is 113 Å². The van der Waals surface area contributed by atoms with Crippen molar-refractivity contribution in [2.45, 2.75) is 152 Å². The second-order valence-electron chi connectivity index (χ2n) is 13.4. The largest absolute Gasteiger partial charge is 0.393 e. The average molecular weight is 513 g/mol. The molecule has 0 aliphatic carbocycles. The summed E-state index contributed by atoms with van der Waals surface area (Å²) >= 11 is 0. The van der Waals surface area contributed by atoms with E-state index < -0.39 is 0 Å². The van der Waals surface area contributed by atoms with Gasteiger partial charge in [-0.3, -0.25) is 0 Å². The zero-order chi connectivity index (χ0) is 27.3. The first-order chi connectivity index (χ1) is 17.0. The molecule has 8 unspecified atom stereocenters. The van der Waals surface area contributed by atoms with Crippen molar-refractivity contribution in [3.05, 3.63) is 0 Å². The molecule has 0 bridgehead atoms. The third-order valence-corrected chi connectivity index (χ3v) is 7.87. The minimum Gasteiger partial charge on any atom is -0.393 e. The number of hydrogen-bond donors (Lipinski definition) is 1. The first kappa shape index (κ1) is 35.9. The van der Waals surface area contributed by atoms with Crippen LogP contribution in [-0.4, -0.2) is 31.2 Å². The van der Waals surface area contributed by atoms with E-state index in [-0.39, 0.29) is 6.10 Å². The molecule has 0 radical (unpaired) electrons. The van der Waals surface area contributed by atoms with E-state index in [1.54, 1.807) is 0 Å². The fourth-order valence-electron chi connectivity index (χ4n) is 6.74. The summed E-state index contributed by atoms with van der Waals surface area (Å²) in [5.74, 6) is 5.40. The third kappa shape index (κ3) is 23.0. The van der Waals surface area contributed by atoms with Crippen molar-refractivity contribution >= 4 is 0 Å². The standard InChI is InChI=1S/C33H68O3/c1-10-11-12-13-16-35-25-36-17-14-15-26(2)18-27(3)19-28(4)20-29(5)21-30(6)22-31(7)23-32(8)24-33(9)34/h26-34H,10-25H2,1-9H3. The number of hydrogen-bond acceptors (Lipinski definition) is 3.